The van der Waals surface area contributed by atoms with E-state index in [0.29, 0.717) is 0 Å². The summed E-state index contributed by atoms with van der Waals surface area (Å²) in [7, 11) is 0. The van der Waals surface area contributed by atoms with Crippen molar-refractivity contribution in [2.24, 2.45) is 0 Å². The van der Waals surface area contributed by atoms with Crippen molar-refractivity contribution in [3.63, 3.8) is 0 Å². The molecule has 0 amide bonds. The SMILES string of the molecule is Cc1ccc([C-](Cl)C#N)cc1.[Li+]. The molecule has 0 atom stereocenters. The Morgan fingerprint density at radius 1 is 1.33 bits per heavy atom. The number of rotatable bonds is 1. The van der Waals surface area contributed by atoms with Crippen molar-refractivity contribution in [2.75, 3.05) is 0 Å². The quantitative estimate of drug-likeness (QED) is 0.418. The maximum atomic E-state index is 8.44. The predicted octanol–water partition coefficient (Wildman–Crippen LogP) is -0.359. The van der Waals surface area contributed by atoms with Crippen LogP contribution < -0.4 is 18.9 Å². The van der Waals surface area contributed by atoms with Crippen LogP contribution in [-0.4, -0.2) is 0 Å². The largest absolute Gasteiger partial charge is 1.00 e. The zero-order valence-electron chi connectivity index (χ0n) is 7.13. The van der Waals surface area contributed by atoms with Gasteiger partial charge in [-0.1, -0.05) is 5.56 Å². The molecule has 0 radical (unpaired) electrons. The fourth-order valence-corrected chi connectivity index (χ4v) is 0.890. The Kier molecular flexibility index (Phi) is 4.94. The Bertz CT molecular complexity index is 276. The predicted molar refractivity (Wildman–Crippen MR) is 45.0 cm³/mol. The first-order valence-electron chi connectivity index (χ1n) is 3.23. The summed E-state index contributed by atoms with van der Waals surface area (Å²) in [6.07, 6.45) is 0. The minimum atomic E-state index is 0. The second-order valence-electron chi connectivity index (χ2n) is 2.29. The molecule has 0 aliphatic rings. The van der Waals surface area contributed by atoms with Crippen LogP contribution in [0.3, 0.4) is 0 Å². The van der Waals surface area contributed by atoms with Crippen molar-refractivity contribution in [3.05, 3.63) is 40.8 Å². The fraction of sp³-hybridized carbons (Fsp3) is 0.111. The number of hydrogen-bond acceptors (Lipinski definition) is 1. The smallest absolute Gasteiger partial charge is 0.207 e. The average molecular weight is 172 g/mol. The van der Waals surface area contributed by atoms with Crippen molar-refractivity contribution < 1.29 is 18.9 Å². The van der Waals surface area contributed by atoms with Crippen LogP contribution in [-0.2, 0) is 0 Å². The minimum Gasteiger partial charge on any atom is -0.207 e. The van der Waals surface area contributed by atoms with Gasteiger partial charge in [-0.3, -0.25) is 0 Å². The van der Waals surface area contributed by atoms with Gasteiger partial charge < -0.3 is 0 Å². The Morgan fingerprint density at radius 2 is 1.83 bits per heavy atom. The molecule has 0 unspecified atom stereocenters. The maximum Gasteiger partial charge on any atom is 1.00 e. The first-order chi connectivity index (χ1) is 5.24. The van der Waals surface area contributed by atoms with Gasteiger partial charge in [-0.2, -0.15) is 29.3 Å². The van der Waals surface area contributed by atoms with Crippen LogP contribution >= 0.6 is 11.6 Å². The molecule has 1 rings (SSSR count). The van der Waals surface area contributed by atoms with Crippen molar-refractivity contribution in [2.45, 2.75) is 6.92 Å². The van der Waals surface area contributed by atoms with E-state index < -0.39 is 0 Å². The average Bonchev–Trinajstić information content (AvgIpc) is 2.05. The summed E-state index contributed by atoms with van der Waals surface area (Å²) < 4.78 is 0. The van der Waals surface area contributed by atoms with Crippen molar-refractivity contribution in [1.82, 2.24) is 0 Å². The molecule has 0 saturated heterocycles. The minimum absolute atomic E-state index is 0. The summed E-state index contributed by atoms with van der Waals surface area (Å²) in [6.45, 7) is 1.99. The molecule has 0 fully saturated rings. The third kappa shape index (κ3) is 2.84. The van der Waals surface area contributed by atoms with Crippen molar-refractivity contribution in [3.8, 4) is 6.07 Å². The summed E-state index contributed by atoms with van der Waals surface area (Å²) in [5.74, 6) is 0. The molecular formula is C9H7ClLiN. The van der Waals surface area contributed by atoms with E-state index >= 15 is 0 Å². The van der Waals surface area contributed by atoms with E-state index in [9.17, 15) is 0 Å². The van der Waals surface area contributed by atoms with Crippen LogP contribution in [0.5, 0.6) is 0 Å². The molecule has 0 N–H and O–H groups in total. The Morgan fingerprint density at radius 3 is 2.25 bits per heavy atom. The van der Waals surface area contributed by atoms with Gasteiger partial charge in [0.2, 0.25) is 0 Å². The van der Waals surface area contributed by atoms with Crippen molar-refractivity contribution >= 4 is 11.6 Å². The fourth-order valence-electron chi connectivity index (χ4n) is 0.764. The van der Waals surface area contributed by atoms with Gasteiger partial charge in [-0.25, -0.2) is 5.26 Å². The third-order valence-corrected chi connectivity index (χ3v) is 1.71. The standard InChI is InChI=1S/C9H7ClN.Li/c1-7-2-4-8(5-3-7)9(10)6-11;/h2-5H,1H3;/q-1;+1. The molecule has 56 valence electrons. The molecule has 3 heteroatoms. The molecule has 0 aliphatic carbocycles. The molecule has 1 nitrogen and oxygen atoms in total. The summed E-state index contributed by atoms with van der Waals surface area (Å²) in [4.78, 5) is 0. The zero-order valence-corrected chi connectivity index (χ0v) is 7.89. The molecule has 0 aliphatic heterocycles. The van der Waals surface area contributed by atoms with E-state index in [1.54, 1.807) is 0 Å². The molecule has 12 heavy (non-hydrogen) atoms. The normalized spacial score (nSPS) is 8.08. The molecule has 0 heterocycles. The summed E-state index contributed by atoms with van der Waals surface area (Å²) in [5, 5.41) is 8.68. The van der Waals surface area contributed by atoms with E-state index in [1.165, 1.54) is 0 Å². The van der Waals surface area contributed by atoms with Crippen LogP contribution in [0.25, 0.3) is 0 Å². The van der Waals surface area contributed by atoms with Crippen LogP contribution in [0.4, 0.5) is 0 Å². The first-order valence-corrected chi connectivity index (χ1v) is 3.61. The van der Waals surface area contributed by atoms with Gasteiger partial charge in [0.05, 0.1) is 0 Å². The summed E-state index contributed by atoms with van der Waals surface area (Å²) in [5.41, 5.74) is 1.94. The zero-order chi connectivity index (χ0) is 8.27. The van der Waals surface area contributed by atoms with Crippen LogP contribution in [0.2, 0.25) is 0 Å². The Balaban J connectivity index is 0.00000121. The molecular weight excluding hydrogens is 164 g/mol. The second kappa shape index (κ2) is 5.17. The number of nitriles is 1. The number of nitrogens with zero attached hydrogens (tertiary/aromatic N) is 1. The topological polar surface area (TPSA) is 23.8 Å². The van der Waals surface area contributed by atoms with E-state index in [2.05, 4.69) is 0 Å². The van der Waals surface area contributed by atoms with Gasteiger partial charge >= 0.3 is 18.9 Å². The van der Waals surface area contributed by atoms with Crippen molar-refractivity contribution in [1.29, 1.82) is 5.26 Å². The van der Waals surface area contributed by atoms with E-state index in [0.717, 1.165) is 11.1 Å². The number of hydrogen-bond donors (Lipinski definition) is 0. The molecule has 0 spiro atoms. The summed E-state index contributed by atoms with van der Waals surface area (Å²) >= 11 is 5.60. The van der Waals surface area contributed by atoms with E-state index in [4.69, 9.17) is 16.9 Å². The molecule has 0 saturated carbocycles. The molecule has 1 aromatic rings. The summed E-state index contributed by atoms with van der Waals surface area (Å²) in [6, 6.07) is 9.40. The van der Waals surface area contributed by atoms with Gasteiger partial charge in [0.25, 0.3) is 0 Å². The first kappa shape index (κ1) is 11.5. The monoisotopic (exact) mass is 171 g/mol. The molecule has 0 bridgehead atoms. The van der Waals surface area contributed by atoms with E-state index in [-0.39, 0.29) is 24.2 Å². The Hall–Kier alpha value is -0.533. The van der Waals surface area contributed by atoms with Gasteiger partial charge in [-0.05, 0) is 6.92 Å². The van der Waals surface area contributed by atoms with Gasteiger partial charge in [0.15, 0.2) is 0 Å². The van der Waals surface area contributed by atoms with Crippen LogP contribution in [0.1, 0.15) is 11.1 Å². The van der Waals surface area contributed by atoms with Gasteiger partial charge in [0.1, 0.15) is 0 Å². The van der Waals surface area contributed by atoms with E-state index in [1.807, 2.05) is 37.3 Å². The second-order valence-corrected chi connectivity index (χ2v) is 2.67. The third-order valence-electron chi connectivity index (χ3n) is 1.40. The van der Waals surface area contributed by atoms with Crippen LogP contribution in [0.15, 0.2) is 24.3 Å². The number of halogens is 1. The molecule has 1 aromatic carbocycles. The molecule has 0 aromatic heterocycles. The van der Waals surface area contributed by atoms with Crippen LogP contribution in [0, 0.1) is 23.6 Å². The number of benzene rings is 1. The maximum absolute atomic E-state index is 8.44. The van der Waals surface area contributed by atoms with Gasteiger partial charge in [0, 0.05) is 11.4 Å². The Labute approximate surface area is 89.5 Å². The van der Waals surface area contributed by atoms with Gasteiger partial charge in [-0.15, -0.1) is 12.1 Å². The number of aryl methyl sites for hydroxylation is 1.